The quantitative estimate of drug-likeness (QED) is 0.406. The first-order chi connectivity index (χ1) is 16.9. The Morgan fingerprint density at radius 1 is 0.829 bits per heavy atom. The molecule has 3 aromatic carbocycles. The monoisotopic (exact) mass is 472 g/mol. The second-order valence-electron chi connectivity index (χ2n) is 8.33. The lowest BCUT2D eigenvalue weighted by atomic mass is 10.0. The van der Waals surface area contributed by atoms with Crippen LogP contribution in [0, 0.1) is 5.82 Å². The third-order valence-corrected chi connectivity index (χ3v) is 5.49. The summed E-state index contributed by atoms with van der Waals surface area (Å²) in [5.41, 5.74) is 2.26. The highest BCUT2D eigenvalue weighted by molar-refractivity contribution is 5.97. The molecule has 0 heterocycles. The number of hydrogen-bond acceptors (Lipinski definition) is 3. The van der Waals surface area contributed by atoms with Crippen molar-refractivity contribution >= 4 is 17.6 Å². The summed E-state index contributed by atoms with van der Waals surface area (Å²) in [5.74, 6) is -1.40. The van der Waals surface area contributed by atoms with Crippen LogP contribution in [0.4, 0.5) is 4.39 Å². The standard InChI is InChI=1S/C29H29FN2O3/c1-21(33)12-18-26(19-13-22-8-4-2-5-9-22)31-29(35)27(20-23-10-6-3-7-11-23)32-28(34)24-14-16-25(30)17-15-24/h2-12,14-18,26-27H,13,19-20H2,1H3,(H,31,35)(H,32,34)/b18-12+/t26-,27+/m1/s1. The molecular formula is C29H29FN2O3. The third-order valence-electron chi connectivity index (χ3n) is 5.49. The molecule has 2 N–H and O–H groups in total. The Labute approximate surface area is 205 Å². The molecule has 0 radical (unpaired) electrons. The minimum Gasteiger partial charge on any atom is -0.348 e. The zero-order valence-electron chi connectivity index (χ0n) is 19.6. The number of benzene rings is 3. The molecule has 0 bridgehead atoms. The SMILES string of the molecule is CC(=O)/C=C/[C@H](CCc1ccccc1)NC(=O)[C@H](Cc1ccccc1)NC(=O)c1ccc(F)cc1. The normalized spacial score (nSPS) is 12.6. The van der Waals surface area contributed by atoms with Crippen molar-refractivity contribution in [2.75, 3.05) is 0 Å². The highest BCUT2D eigenvalue weighted by Crippen LogP contribution is 2.10. The maximum Gasteiger partial charge on any atom is 0.251 e. The highest BCUT2D eigenvalue weighted by Gasteiger charge is 2.24. The van der Waals surface area contributed by atoms with E-state index in [4.69, 9.17) is 0 Å². The van der Waals surface area contributed by atoms with E-state index in [1.54, 1.807) is 6.08 Å². The van der Waals surface area contributed by atoms with E-state index in [9.17, 15) is 18.8 Å². The molecule has 5 nitrogen and oxygen atoms in total. The lowest BCUT2D eigenvalue weighted by Gasteiger charge is -2.22. The minimum atomic E-state index is -0.861. The van der Waals surface area contributed by atoms with Crippen LogP contribution >= 0.6 is 0 Å². The zero-order valence-corrected chi connectivity index (χ0v) is 19.6. The summed E-state index contributed by atoms with van der Waals surface area (Å²) in [6, 6.07) is 23.1. The number of ketones is 1. The van der Waals surface area contributed by atoms with Crippen molar-refractivity contribution in [1.29, 1.82) is 0 Å². The zero-order chi connectivity index (χ0) is 25.0. The van der Waals surface area contributed by atoms with Gasteiger partial charge < -0.3 is 10.6 Å². The van der Waals surface area contributed by atoms with Gasteiger partial charge in [-0.3, -0.25) is 14.4 Å². The van der Waals surface area contributed by atoms with Crippen molar-refractivity contribution in [2.45, 2.75) is 38.3 Å². The van der Waals surface area contributed by atoms with Crippen LogP contribution in [-0.2, 0) is 22.4 Å². The van der Waals surface area contributed by atoms with Crippen LogP contribution < -0.4 is 10.6 Å². The third kappa shape index (κ3) is 8.66. The molecular weight excluding hydrogens is 443 g/mol. The van der Waals surface area contributed by atoms with Crippen LogP contribution in [0.3, 0.4) is 0 Å². The van der Waals surface area contributed by atoms with Crippen LogP contribution in [-0.4, -0.2) is 29.7 Å². The first-order valence-electron chi connectivity index (χ1n) is 11.5. The van der Waals surface area contributed by atoms with E-state index in [2.05, 4.69) is 10.6 Å². The molecule has 0 saturated carbocycles. The lowest BCUT2D eigenvalue weighted by molar-refractivity contribution is -0.123. The van der Waals surface area contributed by atoms with E-state index in [-0.39, 0.29) is 23.7 Å². The summed E-state index contributed by atoms with van der Waals surface area (Å²) in [5, 5.41) is 5.76. The Bertz CT molecular complexity index is 1150. The van der Waals surface area contributed by atoms with E-state index in [0.29, 0.717) is 12.8 Å². The first-order valence-corrected chi connectivity index (χ1v) is 11.5. The molecule has 0 saturated heterocycles. The number of rotatable bonds is 11. The van der Waals surface area contributed by atoms with E-state index in [1.807, 2.05) is 60.7 Å². The van der Waals surface area contributed by atoms with Gasteiger partial charge >= 0.3 is 0 Å². The summed E-state index contributed by atoms with van der Waals surface area (Å²) in [6.07, 6.45) is 4.70. The second kappa shape index (κ2) is 13.0. The largest absolute Gasteiger partial charge is 0.348 e. The van der Waals surface area contributed by atoms with Gasteiger partial charge in [-0.05, 0) is 61.2 Å². The predicted octanol–water partition coefficient (Wildman–Crippen LogP) is 4.43. The summed E-state index contributed by atoms with van der Waals surface area (Å²) in [6.45, 7) is 1.45. The van der Waals surface area contributed by atoms with Crippen molar-refractivity contribution in [3.63, 3.8) is 0 Å². The number of nitrogens with one attached hydrogen (secondary N) is 2. The Kier molecular flexibility index (Phi) is 9.49. The van der Waals surface area contributed by atoms with E-state index >= 15 is 0 Å². The van der Waals surface area contributed by atoms with E-state index < -0.39 is 23.8 Å². The van der Waals surface area contributed by atoms with Crippen molar-refractivity contribution in [2.24, 2.45) is 0 Å². The fourth-order valence-corrected chi connectivity index (χ4v) is 3.62. The van der Waals surface area contributed by atoms with Gasteiger partial charge in [-0.2, -0.15) is 0 Å². The van der Waals surface area contributed by atoms with Crippen LogP contribution in [0.5, 0.6) is 0 Å². The summed E-state index contributed by atoms with van der Waals surface area (Å²) >= 11 is 0. The van der Waals surface area contributed by atoms with Crippen molar-refractivity contribution in [3.8, 4) is 0 Å². The van der Waals surface area contributed by atoms with Gasteiger partial charge in [-0.25, -0.2) is 4.39 Å². The Morgan fingerprint density at radius 3 is 2.03 bits per heavy atom. The number of aryl methyl sites for hydroxylation is 1. The summed E-state index contributed by atoms with van der Waals surface area (Å²) in [4.78, 5) is 37.7. The molecule has 0 aliphatic rings. The second-order valence-corrected chi connectivity index (χ2v) is 8.33. The van der Waals surface area contributed by atoms with E-state index in [0.717, 1.165) is 11.1 Å². The highest BCUT2D eigenvalue weighted by atomic mass is 19.1. The molecule has 0 aromatic heterocycles. The maximum absolute atomic E-state index is 13.3. The van der Waals surface area contributed by atoms with Gasteiger partial charge in [0.2, 0.25) is 5.91 Å². The first kappa shape index (κ1) is 25.6. The molecule has 6 heteroatoms. The summed E-state index contributed by atoms with van der Waals surface area (Å²) in [7, 11) is 0. The fourth-order valence-electron chi connectivity index (χ4n) is 3.62. The minimum absolute atomic E-state index is 0.116. The molecule has 2 atom stereocenters. The fraction of sp³-hybridized carbons (Fsp3) is 0.207. The van der Waals surface area contributed by atoms with E-state index in [1.165, 1.54) is 37.3 Å². The van der Waals surface area contributed by atoms with Crippen LogP contribution in [0.1, 0.15) is 34.8 Å². The van der Waals surface area contributed by atoms with Gasteiger partial charge in [0.25, 0.3) is 5.91 Å². The molecule has 2 amide bonds. The molecule has 3 rings (SSSR count). The predicted molar refractivity (Wildman–Crippen MR) is 134 cm³/mol. The van der Waals surface area contributed by atoms with Crippen LogP contribution in [0.2, 0.25) is 0 Å². The molecule has 3 aromatic rings. The van der Waals surface area contributed by atoms with Gasteiger partial charge in [0, 0.05) is 18.0 Å². The van der Waals surface area contributed by atoms with Crippen molar-refractivity contribution < 1.29 is 18.8 Å². The van der Waals surface area contributed by atoms with Gasteiger partial charge in [0.1, 0.15) is 11.9 Å². The van der Waals surface area contributed by atoms with Gasteiger partial charge in [0.15, 0.2) is 5.78 Å². The summed E-state index contributed by atoms with van der Waals surface area (Å²) < 4.78 is 13.3. The van der Waals surface area contributed by atoms with Gasteiger partial charge in [0.05, 0.1) is 0 Å². The Hall–Kier alpha value is -4.06. The smallest absolute Gasteiger partial charge is 0.251 e. The number of carbonyl (C=O) groups excluding carboxylic acids is 3. The van der Waals surface area contributed by atoms with Crippen molar-refractivity contribution in [3.05, 3.63) is 120 Å². The van der Waals surface area contributed by atoms with Gasteiger partial charge in [-0.15, -0.1) is 0 Å². The Morgan fingerprint density at radius 2 is 1.43 bits per heavy atom. The number of allylic oxidation sites excluding steroid dienone is 1. The Balaban J connectivity index is 1.76. The lowest BCUT2D eigenvalue weighted by Crippen LogP contribution is -2.50. The topological polar surface area (TPSA) is 75.3 Å². The molecule has 0 unspecified atom stereocenters. The average molecular weight is 473 g/mol. The van der Waals surface area contributed by atoms with Crippen LogP contribution in [0.25, 0.3) is 0 Å². The maximum atomic E-state index is 13.3. The van der Waals surface area contributed by atoms with Crippen molar-refractivity contribution in [1.82, 2.24) is 10.6 Å². The number of halogens is 1. The number of amides is 2. The van der Waals surface area contributed by atoms with Gasteiger partial charge in [-0.1, -0.05) is 66.7 Å². The molecule has 0 aliphatic carbocycles. The average Bonchev–Trinajstić information content (AvgIpc) is 2.86. The number of carbonyl (C=O) groups is 3. The number of hydrogen-bond donors (Lipinski definition) is 2. The molecule has 180 valence electrons. The molecule has 35 heavy (non-hydrogen) atoms. The molecule has 0 aliphatic heterocycles. The van der Waals surface area contributed by atoms with Crippen LogP contribution in [0.15, 0.2) is 97.1 Å². The molecule has 0 spiro atoms. The molecule has 0 fully saturated rings.